The molecule has 2 heterocycles. The van der Waals surface area contributed by atoms with Crippen LogP contribution >= 0.6 is 0 Å². The van der Waals surface area contributed by atoms with E-state index in [0.717, 1.165) is 42.5 Å². The Morgan fingerprint density at radius 2 is 1.93 bits per heavy atom. The molecule has 4 rings (SSSR count). The van der Waals surface area contributed by atoms with Crippen molar-refractivity contribution in [2.24, 2.45) is 12.0 Å². The van der Waals surface area contributed by atoms with E-state index in [2.05, 4.69) is 77.3 Å². The van der Waals surface area contributed by atoms with Crippen LogP contribution in [0.3, 0.4) is 0 Å². The van der Waals surface area contributed by atoms with Crippen LogP contribution in [0.4, 0.5) is 0 Å². The summed E-state index contributed by atoms with van der Waals surface area (Å²) in [6.45, 7) is 5.62. The van der Waals surface area contributed by atoms with E-state index in [4.69, 9.17) is 9.98 Å². The Hall–Kier alpha value is -2.82. The number of fused-ring (bicyclic) bond motifs is 1. The first-order chi connectivity index (χ1) is 13.3. The first-order valence-electron chi connectivity index (χ1n) is 9.74. The number of imidazole rings is 1. The van der Waals surface area contributed by atoms with E-state index in [0.29, 0.717) is 12.5 Å². The van der Waals surface area contributed by atoms with Crippen LogP contribution in [-0.4, -0.2) is 40.0 Å². The summed E-state index contributed by atoms with van der Waals surface area (Å²) in [5, 5.41) is 3.46. The second kappa shape index (κ2) is 7.82. The minimum absolute atomic E-state index is 0.575. The summed E-state index contributed by atoms with van der Waals surface area (Å²) in [5.74, 6) is 2.55. The van der Waals surface area contributed by atoms with Crippen molar-refractivity contribution in [1.82, 2.24) is 19.8 Å². The van der Waals surface area contributed by atoms with Crippen LogP contribution in [0.25, 0.3) is 11.0 Å². The number of nitrogens with zero attached hydrogens (tertiary/aromatic N) is 4. The second-order valence-corrected chi connectivity index (χ2v) is 7.09. The smallest absolute Gasteiger partial charge is 0.194 e. The Morgan fingerprint density at radius 3 is 2.70 bits per heavy atom. The Labute approximate surface area is 160 Å². The average Bonchev–Trinajstić information content (AvgIpc) is 3.32. The van der Waals surface area contributed by atoms with E-state index < -0.39 is 0 Å². The number of benzene rings is 2. The second-order valence-electron chi connectivity index (χ2n) is 7.09. The summed E-state index contributed by atoms with van der Waals surface area (Å²) in [6.07, 6.45) is 1.17. The Bertz CT molecular complexity index is 928. The quantitative estimate of drug-likeness (QED) is 0.571. The summed E-state index contributed by atoms with van der Waals surface area (Å²) in [6, 6.07) is 19.0. The Balaban J connectivity index is 1.51. The van der Waals surface area contributed by atoms with Crippen molar-refractivity contribution in [2.75, 3.05) is 19.6 Å². The van der Waals surface area contributed by atoms with E-state index in [1.807, 2.05) is 6.07 Å². The molecular formula is C22H27N5. The highest BCUT2D eigenvalue weighted by atomic mass is 15.3. The molecule has 5 heteroatoms. The lowest BCUT2D eigenvalue weighted by atomic mass is 9.99. The molecule has 0 spiro atoms. The van der Waals surface area contributed by atoms with Crippen molar-refractivity contribution >= 4 is 17.0 Å². The molecule has 0 amide bonds. The zero-order valence-electron chi connectivity index (χ0n) is 16.1. The van der Waals surface area contributed by atoms with Gasteiger partial charge in [0.2, 0.25) is 0 Å². The third kappa shape index (κ3) is 3.68. The maximum atomic E-state index is 4.90. The van der Waals surface area contributed by atoms with Gasteiger partial charge in [-0.3, -0.25) is 0 Å². The van der Waals surface area contributed by atoms with Crippen LogP contribution in [0.2, 0.25) is 0 Å². The number of hydrogen-bond donors (Lipinski definition) is 1. The van der Waals surface area contributed by atoms with E-state index in [-0.39, 0.29) is 0 Å². The van der Waals surface area contributed by atoms with Crippen LogP contribution in [0.15, 0.2) is 59.6 Å². The van der Waals surface area contributed by atoms with Crippen molar-refractivity contribution in [3.8, 4) is 0 Å². The zero-order chi connectivity index (χ0) is 18.6. The fraction of sp³-hybridized carbons (Fsp3) is 0.364. The summed E-state index contributed by atoms with van der Waals surface area (Å²) in [4.78, 5) is 12.0. The van der Waals surface area contributed by atoms with Gasteiger partial charge in [0.1, 0.15) is 12.4 Å². The summed E-state index contributed by atoms with van der Waals surface area (Å²) in [7, 11) is 2.06. The number of nitrogens with one attached hydrogen (secondary N) is 1. The van der Waals surface area contributed by atoms with Gasteiger partial charge in [-0.2, -0.15) is 0 Å². The molecule has 1 aliphatic heterocycles. The zero-order valence-corrected chi connectivity index (χ0v) is 16.1. The minimum Gasteiger partial charge on any atom is -0.357 e. The molecule has 1 N–H and O–H groups in total. The number of likely N-dealkylation sites (tertiary alicyclic amines) is 1. The fourth-order valence-corrected chi connectivity index (χ4v) is 3.86. The van der Waals surface area contributed by atoms with E-state index in [1.165, 1.54) is 12.0 Å². The number of hydrogen-bond acceptors (Lipinski definition) is 2. The summed E-state index contributed by atoms with van der Waals surface area (Å²) < 4.78 is 2.14. The van der Waals surface area contributed by atoms with Crippen LogP contribution < -0.4 is 5.32 Å². The maximum absolute atomic E-state index is 4.90. The maximum Gasteiger partial charge on any atom is 0.194 e. The van der Waals surface area contributed by atoms with Gasteiger partial charge in [0.25, 0.3) is 0 Å². The third-order valence-corrected chi connectivity index (χ3v) is 5.34. The standard InChI is InChI=1S/C22H27N5/c1-3-23-22(27-14-13-18(16-27)17-9-5-4-6-10-17)24-15-21-25-19-11-7-8-12-20(19)26(21)2/h4-12,18H,3,13-16H2,1-2H3,(H,23,24). The highest BCUT2D eigenvalue weighted by molar-refractivity contribution is 5.80. The molecule has 2 aromatic carbocycles. The molecule has 1 unspecified atom stereocenters. The van der Waals surface area contributed by atoms with Gasteiger partial charge in [-0.25, -0.2) is 9.98 Å². The number of para-hydroxylation sites is 2. The fourth-order valence-electron chi connectivity index (χ4n) is 3.86. The number of aliphatic imine (C=N–C) groups is 1. The van der Waals surface area contributed by atoms with Gasteiger partial charge in [0.05, 0.1) is 11.0 Å². The Morgan fingerprint density at radius 1 is 1.15 bits per heavy atom. The van der Waals surface area contributed by atoms with Gasteiger partial charge in [0, 0.05) is 32.6 Å². The highest BCUT2D eigenvalue weighted by Gasteiger charge is 2.26. The predicted octanol–water partition coefficient (Wildman–Crippen LogP) is 3.53. The minimum atomic E-state index is 0.575. The Kier molecular flexibility index (Phi) is 5.10. The molecule has 0 bridgehead atoms. The SMILES string of the molecule is CCNC(=NCc1nc2ccccc2n1C)N1CCC(c2ccccc2)C1. The van der Waals surface area contributed by atoms with Crippen molar-refractivity contribution < 1.29 is 0 Å². The number of rotatable bonds is 4. The van der Waals surface area contributed by atoms with Crippen molar-refractivity contribution in [1.29, 1.82) is 0 Å². The van der Waals surface area contributed by atoms with E-state index in [9.17, 15) is 0 Å². The van der Waals surface area contributed by atoms with Gasteiger partial charge in [-0.15, -0.1) is 0 Å². The largest absolute Gasteiger partial charge is 0.357 e. The molecule has 27 heavy (non-hydrogen) atoms. The molecule has 140 valence electrons. The first-order valence-corrected chi connectivity index (χ1v) is 9.74. The van der Waals surface area contributed by atoms with Gasteiger partial charge in [0.15, 0.2) is 5.96 Å². The monoisotopic (exact) mass is 361 g/mol. The lowest BCUT2D eigenvalue weighted by molar-refractivity contribution is 0.485. The van der Waals surface area contributed by atoms with Crippen LogP contribution in [0.1, 0.15) is 30.7 Å². The number of aryl methyl sites for hydroxylation is 1. The lowest BCUT2D eigenvalue weighted by Gasteiger charge is -2.21. The van der Waals surface area contributed by atoms with Crippen molar-refractivity contribution in [2.45, 2.75) is 25.8 Å². The average molecular weight is 361 g/mol. The molecule has 1 atom stereocenters. The van der Waals surface area contributed by atoms with Gasteiger partial charge >= 0.3 is 0 Å². The lowest BCUT2D eigenvalue weighted by Crippen LogP contribution is -2.40. The van der Waals surface area contributed by atoms with Crippen molar-refractivity contribution in [3.63, 3.8) is 0 Å². The number of guanidine groups is 1. The molecule has 1 saturated heterocycles. The summed E-state index contributed by atoms with van der Waals surface area (Å²) in [5.41, 5.74) is 3.60. The summed E-state index contributed by atoms with van der Waals surface area (Å²) >= 11 is 0. The molecule has 0 radical (unpaired) electrons. The molecule has 1 aliphatic rings. The molecule has 1 aromatic heterocycles. The molecule has 0 aliphatic carbocycles. The van der Waals surface area contributed by atoms with E-state index in [1.54, 1.807) is 0 Å². The molecule has 3 aromatic rings. The molecule has 5 nitrogen and oxygen atoms in total. The molecule has 0 saturated carbocycles. The highest BCUT2D eigenvalue weighted by Crippen LogP contribution is 2.27. The van der Waals surface area contributed by atoms with Gasteiger partial charge < -0.3 is 14.8 Å². The van der Waals surface area contributed by atoms with Crippen LogP contribution in [0, 0.1) is 0 Å². The first kappa shape index (κ1) is 17.6. The molecule has 1 fully saturated rings. The van der Waals surface area contributed by atoms with Crippen LogP contribution in [-0.2, 0) is 13.6 Å². The number of aromatic nitrogens is 2. The normalized spacial score (nSPS) is 17.6. The molecular weight excluding hydrogens is 334 g/mol. The van der Waals surface area contributed by atoms with Gasteiger partial charge in [-0.1, -0.05) is 42.5 Å². The predicted molar refractivity (Wildman–Crippen MR) is 111 cm³/mol. The van der Waals surface area contributed by atoms with Crippen molar-refractivity contribution in [3.05, 3.63) is 66.0 Å². The van der Waals surface area contributed by atoms with Crippen LogP contribution in [0.5, 0.6) is 0 Å². The van der Waals surface area contributed by atoms with E-state index >= 15 is 0 Å². The van der Waals surface area contributed by atoms with Gasteiger partial charge in [-0.05, 0) is 31.0 Å². The third-order valence-electron chi connectivity index (χ3n) is 5.34. The topological polar surface area (TPSA) is 45.5 Å².